The third kappa shape index (κ3) is 5.62. The van der Waals surface area contributed by atoms with E-state index in [4.69, 9.17) is 9.47 Å². The highest BCUT2D eigenvalue weighted by Gasteiger charge is 2.40. The zero-order valence-electron chi connectivity index (χ0n) is 21.4. The number of amides is 3. The van der Waals surface area contributed by atoms with E-state index in [2.05, 4.69) is 20.5 Å². The van der Waals surface area contributed by atoms with E-state index in [1.807, 2.05) is 31.2 Å². The molecule has 2 aliphatic rings. The number of nitrogens with zero attached hydrogens (tertiary/aromatic N) is 4. The van der Waals surface area contributed by atoms with Gasteiger partial charge in [-0.2, -0.15) is 5.10 Å². The molecule has 2 aromatic heterocycles. The van der Waals surface area contributed by atoms with Crippen molar-refractivity contribution in [3.63, 3.8) is 0 Å². The normalized spacial score (nSPS) is 20.4. The third-order valence-corrected chi connectivity index (χ3v) is 7.05. The van der Waals surface area contributed by atoms with Crippen LogP contribution < -0.4 is 10.1 Å². The van der Waals surface area contributed by atoms with E-state index >= 15 is 0 Å². The number of H-pyrrole nitrogens is 1. The summed E-state index contributed by atoms with van der Waals surface area (Å²) in [5, 5.41) is 10.6. The van der Waals surface area contributed by atoms with E-state index in [0.29, 0.717) is 62.9 Å². The molecule has 3 amide bonds. The van der Waals surface area contributed by atoms with Gasteiger partial charge in [0.25, 0.3) is 5.91 Å². The molecule has 2 aliphatic heterocycles. The van der Waals surface area contributed by atoms with Gasteiger partial charge >= 0.3 is 0 Å². The van der Waals surface area contributed by atoms with Gasteiger partial charge in [0.05, 0.1) is 18.7 Å². The highest BCUT2D eigenvalue weighted by Crippen LogP contribution is 2.34. The molecule has 0 spiro atoms. The zero-order chi connectivity index (χ0) is 26.5. The van der Waals surface area contributed by atoms with E-state index < -0.39 is 5.92 Å². The van der Waals surface area contributed by atoms with Crippen LogP contribution in [0.3, 0.4) is 0 Å². The van der Waals surface area contributed by atoms with E-state index in [1.165, 1.54) is 0 Å². The number of pyridine rings is 1. The van der Waals surface area contributed by atoms with Crippen molar-refractivity contribution < 1.29 is 23.9 Å². The minimum atomic E-state index is -0.424. The predicted octanol–water partition coefficient (Wildman–Crippen LogP) is 1.58. The molecule has 2 atom stereocenters. The van der Waals surface area contributed by atoms with Crippen LogP contribution in [0.2, 0.25) is 0 Å². The lowest BCUT2D eigenvalue weighted by molar-refractivity contribution is -0.135. The van der Waals surface area contributed by atoms with Crippen molar-refractivity contribution in [2.75, 3.05) is 52.5 Å². The maximum atomic E-state index is 13.4. The fraction of sp³-hybridized carbons (Fsp3) is 0.444. The van der Waals surface area contributed by atoms with Crippen LogP contribution in [0.5, 0.6) is 5.75 Å². The number of aromatic nitrogens is 3. The first-order valence-electron chi connectivity index (χ1n) is 13.0. The molecular weight excluding hydrogens is 488 g/mol. The second kappa shape index (κ2) is 11.6. The van der Waals surface area contributed by atoms with Gasteiger partial charge in [-0.1, -0.05) is 12.1 Å². The molecule has 1 aromatic carbocycles. The van der Waals surface area contributed by atoms with Crippen molar-refractivity contribution >= 4 is 28.8 Å². The van der Waals surface area contributed by atoms with Crippen molar-refractivity contribution in [2.24, 2.45) is 5.92 Å². The average Bonchev–Trinajstić information content (AvgIpc) is 3.59. The second-order valence-corrected chi connectivity index (χ2v) is 9.51. The maximum Gasteiger partial charge on any atom is 0.272 e. The Balaban J connectivity index is 1.35. The van der Waals surface area contributed by atoms with Gasteiger partial charge < -0.3 is 24.6 Å². The summed E-state index contributed by atoms with van der Waals surface area (Å²) < 4.78 is 11.3. The first-order chi connectivity index (χ1) is 18.5. The first-order valence-corrected chi connectivity index (χ1v) is 13.0. The van der Waals surface area contributed by atoms with Crippen LogP contribution in [-0.2, 0) is 14.3 Å². The minimum Gasteiger partial charge on any atom is -0.494 e. The van der Waals surface area contributed by atoms with Crippen molar-refractivity contribution in [1.82, 2.24) is 30.3 Å². The molecule has 200 valence electrons. The lowest BCUT2D eigenvalue weighted by Gasteiger charge is -2.24. The molecule has 11 heteroatoms. The number of ether oxygens (including phenoxy) is 2. The van der Waals surface area contributed by atoms with E-state index in [0.717, 1.165) is 10.9 Å². The van der Waals surface area contributed by atoms with Crippen LogP contribution >= 0.6 is 0 Å². The Morgan fingerprint density at radius 3 is 2.87 bits per heavy atom. The molecule has 0 unspecified atom stereocenters. The fourth-order valence-corrected chi connectivity index (χ4v) is 5.04. The first kappa shape index (κ1) is 25.7. The van der Waals surface area contributed by atoms with Crippen LogP contribution in [0.1, 0.15) is 35.3 Å². The molecule has 1 fully saturated rings. The standard InChI is InChI=1S/C27H32N6O5/c1-2-37-17-24(34)33-15-21-18-5-3-6-20(13-18)38-12-4-10-32(11-9-28-26(35)22(21)16-33)27(36)23-8-7-19-14-29-31-25(19)30-23/h3,5-8,13-14,21-22H,2,4,9-12,15-17H2,1H3,(H,28,35)(H,29,30,31)/t21-,22+/m1/s1. The topological polar surface area (TPSA) is 130 Å². The SMILES string of the molecule is CCOCC(=O)N1C[C@@H]2C(=O)NCCN(C(=O)c3ccc4cn[nH]c4n3)CCCOc3cccc(c3)[C@H]2C1. The molecular formula is C27H32N6O5. The summed E-state index contributed by atoms with van der Waals surface area (Å²) in [6, 6.07) is 11.2. The largest absolute Gasteiger partial charge is 0.494 e. The zero-order valence-corrected chi connectivity index (χ0v) is 21.4. The highest BCUT2D eigenvalue weighted by molar-refractivity contribution is 5.94. The molecule has 0 radical (unpaired) electrons. The Morgan fingerprint density at radius 1 is 1.13 bits per heavy atom. The van der Waals surface area contributed by atoms with Gasteiger partial charge in [0.15, 0.2) is 5.65 Å². The molecule has 4 heterocycles. The van der Waals surface area contributed by atoms with Gasteiger partial charge in [0.2, 0.25) is 11.8 Å². The Hall–Kier alpha value is -3.99. The lowest BCUT2D eigenvalue weighted by Crippen LogP contribution is -2.42. The minimum absolute atomic E-state index is 0.00381. The molecule has 11 nitrogen and oxygen atoms in total. The van der Waals surface area contributed by atoms with Gasteiger partial charge in [0, 0.05) is 50.6 Å². The Labute approximate surface area is 220 Å². The Kier molecular flexibility index (Phi) is 7.83. The lowest BCUT2D eigenvalue weighted by atomic mass is 9.88. The summed E-state index contributed by atoms with van der Waals surface area (Å²) in [6.07, 6.45) is 2.27. The summed E-state index contributed by atoms with van der Waals surface area (Å²) >= 11 is 0. The van der Waals surface area contributed by atoms with Crippen molar-refractivity contribution in [3.05, 3.63) is 53.9 Å². The number of carbonyl (C=O) groups is 3. The van der Waals surface area contributed by atoms with Crippen molar-refractivity contribution in [2.45, 2.75) is 19.3 Å². The number of aromatic amines is 1. The van der Waals surface area contributed by atoms with Gasteiger partial charge in [-0.25, -0.2) is 4.98 Å². The van der Waals surface area contributed by atoms with Crippen LogP contribution in [0, 0.1) is 5.92 Å². The number of likely N-dealkylation sites (tertiary alicyclic amines) is 1. The highest BCUT2D eigenvalue weighted by atomic mass is 16.5. The number of rotatable bonds is 4. The van der Waals surface area contributed by atoms with Crippen LogP contribution in [0.4, 0.5) is 0 Å². The van der Waals surface area contributed by atoms with Gasteiger partial charge in [-0.3, -0.25) is 19.5 Å². The molecule has 3 aromatic rings. The Bertz CT molecular complexity index is 1310. The van der Waals surface area contributed by atoms with Crippen LogP contribution in [0.15, 0.2) is 42.6 Å². The number of nitrogens with one attached hydrogen (secondary N) is 2. The molecule has 0 aliphatic carbocycles. The van der Waals surface area contributed by atoms with Gasteiger partial charge in [-0.15, -0.1) is 0 Å². The summed E-state index contributed by atoms with van der Waals surface area (Å²) in [7, 11) is 0. The molecule has 0 saturated carbocycles. The number of fused-ring (bicyclic) bond motifs is 5. The summed E-state index contributed by atoms with van der Waals surface area (Å²) in [5.41, 5.74) is 1.82. The van der Waals surface area contributed by atoms with E-state index in [9.17, 15) is 14.4 Å². The third-order valence-electron chi connectivity index (χ3n) is 7.05. The summed E-state index contributed by atoms with van der Waals surface area (Å²) in [6.45, 7) is 4.51. The van der Waals surface area contributed by atoms with Crippen molar-refractivity contribution in [1.29, 1.82) is 0 Å². The smallest absolute Gasteiger partial charge is 0.272 e. The summed E-state index contributed by atoms with van der Waals surface area (Å²) in [5.74, 6) is -0.397. The Morgan fingerprint density at radius 2 is 2.00 bits per heavy atom. The number of carbonyl (C=O) groups excluding carboxylic acids is 3. The quantitative estimate of drug-likeness (QED) is 0.534. The number of benzene rings is 1. The van der Waals surface area contributed by atoms with Crippen molar-refractivity contribution in [3.8, 4) is 5.75 Å². The van der Waals surface area contributed by atoms with Crippen LogP contribution in [-0.4, -0.2) is 95.2 Å². The number of hydrogen-bond donors (Lipinski definition) is 2. The van der Waals surface area contributed by atoms with E-state index in [1.54, 1.807) is 28.1 Å². The van der Waals surface area contributed by atoms with Gasteiger partial charge in [0.1, 0.15) is 18.1 Å². The summed E-state index contributed by atoms with van der Waals surface area (Å²) in [4.78, 5) is 47.2. The molecule has 2 N–H and O–H groups in total. The molecule has 38 heavy (non-hydrogen) atoms. The average molecular weight is 521 g/mol. The second-order valence-electron chi connectivity index (χ2n) is 9.51. The van der Waals surface area contributed by atoms with E-state index in [-0.39, 0.29) is 36.8 Å². The predicted molar refractivity (Wildman–Crippen MR) is 139 cm³/mol. The molecule has 2 bridgehead atoms. The van der Waals surface area contributed by atoms with Crippen LogP contribution in [0.25, 0.3) is 11.0 Å². The van der Waals surface area contributed by atoms with Gasteiger partial charge in [-0.05, 0) is 43.2 Å². The fourth-order valence-electron chi connectivity index (χ4n) is 5.04. The monoisotopic (exact) mass is 520 g/mol. The maximum absolute atomic E-state index is 13.4. The molecule has 1 saturated heterocycles. The number of hydrogen-bond acceptors (Lipinski definition) is 7. The molecule has 5 rings (SSSR count).